The molecule has 0 aromatic heterocycles. The van der Waals surface area contributed by atoms with Crippen LogP contribution in [0.2, 0.25) is 0 Å². The van der Waals surface area contributed by atoms with Crippen LogP contribution in [0.1, 0.15) is 36.0 Å². The SMILES string of the molecule is Cc1cc(O)cc(C)c1C[C@H](NC=O)C(=O)NC(CCCCN)C(=O)NCC(=O)O. The van der Waals surface area contributed by atoms with E-state index in [9.17, 15) is 24.3 Å². The number of amides is 3. The number of benzene rings is 1. The summed E-state index contributed by atoms with van der Waals surface area (Å²) >= 11 is 0. The summed E-state index contributed by atoms with van der Waals surface area (Å²) in [6.45, 7) is 3.43. The highest BCUT2D eigenvalue weighted by Gasteiger charge is 2.26. The van der Waals surface area contributed by atoms with E-state index in [0.717, 1.165) is 16.7 Å². The molecule has 0 heterocycles. The Bertz CT molecular complexity index is 745. The highest BCUT2D eigenvalue weighted by atomic mass is 16.4. The maximum atomic E-state index is 12.8. The number of nitrogens with two attached hydrogens (primary N) is 1. The van der Waals surface area contributed by atoms with Crippen molar-refractivity contribution in [3.63, 3.8) is 0 Å². The van der Waals surface area contributed by atoms with Crippen LogP contribution < -0.4 is 21.7 Å². The fraction of sp³-hybridized carbons (Fsp3) is 0.500. The second-order valence-corrected chi connectivity index (χ2v) is 7.06. The maximum absolute atomic E-state index is 12.8. The molecule has 0 fully saturated rings. The van der Waals surface area contributed by atoms with Gasteiger partial charge in [-0.15, -0.1) is 0 Å². The Balaban J connectivity index is 2.96. The molecule has 1 aromatic carbocycles. The summed E-state index contributed by atoms with van der Waals surface area (Å²) in [6, 6.07) is 1.22. The lowest BCUT2D eigenvalue weighted by molar-refractivity contribution is -0.138. The number of phenols is 1. The largest absolute Gasteiger partial charge is 0.508 e. The van der Waals surface area contributed by atoms with Crippen molar-refractivity contribution < 1.29 is 29.4 Å². The number of carboxylic acid groups (broad SMARTS) is 1. The van der Waals surface area contributed by atoms with E-state index in [-0.39, 0.29) is 18.6 Å². The number of hydrogen-bond acceptors (Lipinski definition) is 6. The number of carboxylic acids is 1. The van der Waals surface area contributed by atoms with Crippen molar-refractivity contribution in [2.24, 2.45) is 5.73 Å². The number of aromatic hydroxyl groups is 1. The number of aliphatic carboxylic acids is 1. The monoisotopic (exact) mass is 422 g/mol. The molecular weight excluding hydrogens is 392 g/mol. The smallest absolute Gasteiger partial charge is 0.322 e. The molecule has 0 aliphatic heterocycles. The van der Waals surface area contributed by atoms with Crippen molar-refractivity contribution in [3.8, 4) is 5.75 Å². The van der Waals surface area contributed by atoms with Gasteiger partial charge in [0.15, 0.2) is 0 Å². The van der Waals surface area contributed by atoms with Crippen LogP contribution in [-0.4, -0.2) is 59.6 Å². The molecule has 0 aliphatic rings. The third-order valence-electron chi connectivity index (χ3n) is 4.67. The van der Waals surface area contributed by atoms with Crippen LogP contribution in [0.25, 0.3) is 0 Å². The molecule has 0 radical (unpaired) electrons. The minimum atomic E-state index is -1.20. The number of phenolic OH excluding ortho intramolecular Hbond substituents is 1. The number of carbonyl (C=O) groups is 4. The maximum Gasteiger partial charge on any atom is 0.322 e. The highest BCUT2D eigenvalue weighted by molar-refractivity contribution is 5.91. The first kappa shape index (κ1) is 24.9. The van der Waals surface area contributed by atoms with Crippen molar-refractivity contribution in [3.05, 3.63) is 28.8 Å². The van der Waals surface area contributed by atoms with E-state index in [1.165, 1.54) is 0 Å². The molecule has 0 aliphatic carbocycles. The van der Waals surface area contributed by atoms with Gasteiger partial charge in [0.05, 0.1) is 0 Å². The van der Waals surface area contributed by atoms with Crippen LogP contribution in [0.15, 0.2) is 12.1 Å². The Morgan fingerprint density at radius 3 is 2.27 bits per heavy atom. The van der Waals surface area contributed by atoms with E-state index >= 15 is 0 Å². The van der Waals surface area contributed by atoms with Crippen LogP contribution in [0.3, 0.4) is 0 Å². The third-order valence-corrected chi connectivity index (χ3v) is 4.67. The zero-order valence-electron chi connectivity index (χ0n) is 17.2. The first-order valence-corrected chi connectivity index (χ1v) is 9.68. The lowest BCUT2D eigenvalue weighted by atomic mass is 9.95. The van der Waals surface area contributed by atoms with Gasteiger partial charge in [0, 0.05) is 6.42 Å². The summed E-state index contributed by atoms with van der Waals surface area (Å²) in [7, 11) is 0. The van der Waals surface area contributed by atoms with E-state index < -0.39 is 36.4 Å². The van der Waals surface area contributed by atoms with Gasteiger partial charge >= 0.3 is 5.97 Å². The number of hydrogen-bond donors (Lipinski definition) is 6. The summed E-state index contributed by atoms with van der Waals surface area (Å²) in [4.78, 5) is 46.9. The van der Waals surface area contributed by atoms with E-state index in [4.69, 9.17) is 10.8 Å². The molecular formula is C20H30N4O6. The first-order valence-electron chi connectivity index (χ1n) is 9.68. The molecule has 30 heavy (non-hydrogen) atoms. The number of nitrogens with one attached hydrogen (secondary N) is 3. The molecule has 0 saturated heterocycles. The van der Waals surface area contributed by atoms with Gasteiger partial charge in [0.1, 0.15) is 24.4 Å². The van der Waals surface area contributed by atoms with Crippen molar-refractivity contribution in [1.82, 2.24) is 16.0 Å². The Morgan fingerprint density at radius 1 is 1.10 bits per heavy atom. The Hall–Kier alpha value is -3.14. The fourth-order valence-electron chi connectivity index (χ4n) is 3.13. The molecule has 0 saturated carbocycles. The van der Waals surface area contributed by atoms with Crippen LogP contribution in [-0.2, 0) is 25.6 Å². The van der Waals surface area contributed by atoms with E-state index in [2.05, 4.69) is 16.0 Å². The van der Waals surface area contributed by atoms with Crippen LogP contribution in [0, 0.1) is 13.8 Å². The molecule has 0 bridgehead atoms. The number of aryl methyl sites for hydroxylation is 2. The molecule has 2 atom stereocenters. The number of carbonyl (C=O) groups excluding carboxylic acids is 3. The molecule has 7 N–H and O–H groups in total. The summed E-state index contributed by atoms with van der Waals surface area (Å²) in [5, 5.41) is 25.8. The van der Waals surface area contributed by atoms with Gasteiger partial charge in [-0.25, -0.2) is 0 Å². The Labute approximate surface area is 175 Å². The zero-order valence-corrected chi connectivity index (χ0v) is 17.2. The van der Waals surface area contributed by atoms with Crippen LogP contribution >= 0.6 is 0 Å². The van der Waals surface area contributed by atoms with Crippen molar-refractivity contribution in [1.29, 1.82) is 0 Å². The quantitative estimate of drug-likeness (QED) is 0.183. The summed E-state index contributed by atoms with van der Waals surface area (Å²) in [5.41, 5.74) is 7.78. The molecule has 1 unspecified atom stereocenters. The molecule has 0 spiro atoms. The van der Waals surface area contributed by atoms with Gasteiger partial charge in [-0.1, -0.05) is 0 Å². The highest BCUT2D eigenvalue weighted by Crippen LogP contribution is 2.22. The molecule has 10 nitrogen and oxygen atoms in total. The molecule has 166 valence electrons. The average molecular weight is 422 g/mol. The molecule has 1 aromatic rings. The predicted molar refractivity (Wildman–Crippen MR) is 110 cm³/mol. The van der Waals surface area contributed by atoms with E-state index in [1.807, 2.05) is 0 Å². The Kier molecular flexibility index (Phi) is 10.3. The zero-order chi connectivity index (χ0) is 22.7. The molecule has 10 heteroatoms. The first-order chi connectivity index (χ1) is 14.2. The van der Waals surface area contributed by atoms with Gasteiger partial charge in [-0.2, -0.15) is 0 Å². The predicted octanol–water partition coefficient (Wildman–Crippen LogP) is -0.519. The van der Waals surface area contributed by atoms with Crippen molar-refractivity contribution in [2.75, 3.05) is 13.1 Å². The lowest BCUT2D eigenvalue weighted by Gasteiger charge is -2.23. The minimum absolute atomic E-state index is 0.105. The Morgan fingerprint density at radius 2 is 1.73 bits per heavy atom. The van der Waals surface area contributed by atoms with Crippen molar-refractivity contribution >= 4 is 24.2 Å². The summed E-state index contributed by atoms with van der Waals surface area (Å²) in [5.74, 6) is -2.29. The second-order valence-electron chi connectivity index (χ2n) is 7.06. The number of unbranched alkanes of at least 4 members (excludes halogenated alkanes) is 1. The fourth-order valence-corrected chi connectivity index (χ4v) is 3.13. The van der Waals surface area contributed by atoms with Crippen molar-refractivity contribution in [2.45, 2.75) is 51.6 Å². The summed E-state index contributed by atoms with van der Waals surface area (Å²) < 4.78 is 0. The van der Waals surface area contributed by atoms with Crippen LogP contribution in [0.5, 0.6) is 5.75 Å². The standard InChI is InChI=1S/C20H30N4O6/c1-12-7-14(26)8-13(2)15(12)9-17(23-11-25)20(30)24-16(5-3-4-6-21)19(29)22-10-18(27)28/h7-8,11,16-17,26H,3-6,9-10,21H2,1-2H3,(H,22,29)(H,23,25)(H,24,30)(H,27,28)/t16?,17-/m0/s1. The second kappa shape index (κ2) is 12.4. The van der Waals surface area contributed by atoms with E-state index in [0.29, 0.717) is 25.8 Å². The molecule has 3 amide bonds. The summed E-state index contributed by atoms with van der Waals surface area (Å²) in [6.07, 6.45) is 2.04. The van der Waals surface area contributed by atoms with Gasteiger partial charge in [0.25, 0.3) is 0 Å². The lowest BCUT2D eigenvalue weighted by Crippen LogP contribution is -2.53. The van der Waals surface area contributed by atoms with Gasteiger partial charge < -0.3 is 31.9 Å². The average Bonchev–Trinajstić information content (AvgIpc) is 2.67. The number of rotatable bonds is 13. The normalized spacial score (nSPS) is 12.5. The van der Waals surface area contributed by atoms with Crippen LogP contribution in [0.4, 0.5) is 0 Å². The van der Waals surface area contributed by atoms with Gasteiger partial charge in [0.2, 0.25) is 18.2 Å². The third kappa shape index (κ3) is 8.08. The van der Waals surface area contributed by atoms with Gasteiger partial charge in [-0.05, 0) is 68.5 Å². The minimum Gasteiger partial charge on any atom is -0.508 e. The van der Waals surface area contributed by atoms with E-state index in [1.54, 1.807) is 26.0 Å². The molecule has 1 rings (SSSR count). The van der Waals surface area contributed by atoms with Gasteiger partial charge in [-0.3, -0.25) is 19.2 Å². The topological polar surface area (TPSA) is 171 Å².